The molecule has 1 saturated heterocycles. The van der Waals surface area contributed by atoms with Crippen LogP contribution in [0.15, 0.2) is 42.5 Å². The molecule has 3 aromatic heterocycles. The van der Waals surface area contributed by atoms with Crippen LogP contribution < -0.4 is 10.0 Å². The van der Waals surface area contributed by atoms with Gasteiger partial charge in [0.2, 0.25) is 15.9 Å². The van der Waals surface area contributed by atoms with Crippen molar-refractivity contribution in [2.45, 2.75) is 55.5 Å². The van der Waals surface area contributed by atoms with Crippen LogP contribution in [0.1, 0.15) is 58.7 Å². The molecule has 310 valence electrons. The highest BCUT2D eigenvalue weighted by molar-refractivity contribution is 7.92. The number of ether oxygens (including phenoxy) is 1. The van der Waals surface area contributed by atoms with E-state index in [1.807, 2.05) is 0 Å². The summed E-state index contributed by atoms with van der Waals surface area (Å²) in [5.41, 5.74) is -3.93. The molecule has 4 heterocycles. The zero-order valence-corrected chi connectivity index (χ0v) is 32.3. The fourth-order valence-electron chi connectivity index (χ4n) is 7.86. The van der Waals surface area contributed by atoms with E-state index in [2.05, 4.69) is 32.1 Å². The number of hydrogen-bond donors (Lipinski definition) is 3. The van der Waals surface area contributed by atoms with Gasteiger partial charge in [-0.05, 0) is 60.6 Å². The minimum Gasteiger partial charge on any atom is -0.377 e. The number of benzene rings is 2. The van der Waals surface area contributed by atoms with Crippen molar-refractivity contribution in [3.05, 3.63) is 93.0 Å². The van der Waals surface area contributed by atoms with Gasteiger partial charge in [0.15, 0.2) is 17.1 Å². The SMILES string of the molecule is Cn1nc(NS(C)(=O)=O)c2c(Cl)ccc(-c3ccc(C#CC4(O)CCOC4)nc3[C@H](Cc3cc(F)cc(F)c3)NC(=O)Cn3nc(C(F)(F)F)c4c3C(F)(F)C3C[C@H]43)c21. The van der Waals surface area contributed by atoms with Gasteiger partial charge in [0, 0.05) is 42.1 Å². The smallest absolute Gasteiger partial charge is 0.377 e. The number of anilines is 1. The molecule has 5 aromatic rings. The van der Waals surface area contributed by atoms with Crippen molar-refractivity contribution in [3.63, 3.8) is 0 Å². The summed E-state index contributed by atoms with van der Waals surface area (Å²) in [6.07, 6.45) is -4.56. The number of carbonyl (C=O) groups is 1. The molecule has 8 rings (SSSR count). The average Bonchev–Trinajstić information content (AvgIpc) is 3.35. The fraction of sp³-hybridized carbons (Fsp3) is 0.368. The van der Waals surface area contributed by atoms with Crippen molar-refractivity contribution in [3.8, 4) is 23.0 Å². The number of aromatic nitrogens is 5. The number of nitrogens with one attached hydrogen (secondary N) is 2. The second-order valence-electron chi connectivity index (χ2n) is 14.8. The molecule has 1 amide bonds. The Hall–Kier alpha value is -5.23. The predicted molar refractivity (Wildman–Crippen MR) is 198 cm³/mol. The Kier molecular flexibility index (Phi) is 9.76. The largest absolute Gasteiger partial charge is 0.435 e. The Morgan fingerprint density at radius 2 is 1.83 bits per heavy atom. The van der Waals surface area contributed by atoms with E-state index in [0.29, 0.717) is 16.3 Å². The molecule has 2 fully saturated rings. The molecule has 59 heavy (non-hydrogen) atoms. The molecule has 2 aliphatic carbocycles. The Morgan fingerprint density at radius 3 is 2.49 bits per heavy atom. The van der Waals surface area contributed by atoms with Gasteiger partial charge in [-0.1, -0.05) is 23.6 Å². The summed E-state index contributed by atoms with van der Waals surface area (Å²) < 4.78 is 136. The molecule has 2 unspecified atom stereocenters. The second kappa shape index (κ2) is 14.2. The van der Waals surface area contributed by atoms with Crippen LogP contribution in [-0.4, -0.2) is 69.0 Å². The highest BCUT2D eigenvalue weighted by Crippen LogP contribution is 2.68. The first-order chi connectivity index (χ1) is 27.6. The summed E-state index contributed by atoms with van der Waals surface area (Å²) in [7, 11) is -2.36. The number of aliphatic hydroxyl groups is 1. The lowest BCUT2D eigenvalue weighted by atomic mass is 9.93. The van der Waals surface area contributed by atoms with Crippen LogP contribution in [0, 0.1) is 29.4 Å². The molecule has 0 radical (unpaired) electrons. The summed E-state index contributed by atoms with van der Waals surface area (Å²) >= 11 is 6.58. The quantitative estimate of drug-likeness (QED) is 0.121. The minimum atomic E-state index is -5.09. The summed E-state index contributed by atoms with van der Waals surface area (Å²) in [4.78, 5) is 18.7. The minimum absolute atomic E-state index is 0.0122. The van der Waals surface area contributed by atoms with E-state index < -0.39 is 93.1 Å². The van der Waals surface area contributed by atoms with Gasteiger partial charge in [-0.15, -0.1) is 0 Å². The maximum atomic E-state index is 15.4. The molecule has 12 nitrogen and oxygen atoms in total. The van der Waals surface area contributed by atoms with E-state index in [1.165, 1.54) is 29.9 Å². The molecule has 3 N–H and O–H groups in total. The number of sulfonamides is 1. The normalized spacial score (nSPS) is 21.1. The number of alkyl halides is 5. The third-order valence-corrected chi connectivity index (χ3v) is 11.3. The number of pyridine rings is 1. The number of halogens is 8. The fourth-order valence-corrected chi connectivity index (χ4v) is 8.60. The molecule has 1 aliphatic heterocycles. The first-order valence-corrected chi connectivity index (χ1v) is 20.2. The van der Waals surface area contributed by atoms with E-state index in [9.17, 15) is 40.3 Å². The lowest BCUT2D eigenvalue weighted by Crippen LogP contribution is -2.35. The van der Waals surface area contributed by atoms with E-state index >= 15 is 8.78 Å². The van der Waals surface area contributed by atoms with Crippen molar-refractivity contribution in [2.75, 3.05) is 24.2 Å². The monoisotopic (exact) mass is 865 g/mol. The van der Waals surface area contributed by atoms with Crippen LogP contribution in [0.5, 0.6) is 0 Å². The van der Waals surface area contributed by atoms with E-state index in [-0.39, 0.29) is 70.3 Å². The standard InChI is InChI=1S/C38H31ClF7N7O5S/c1-52-32-23(5-6-26(39)30(32)35(50-52)51-59(2,56)57)22-4-3-21(7-8-36(55)9-10-58-17-36)47-31(22)27(13-18-11-19(40)14-20(41)12-18)48-28(54)16-53-34-29(33(49-53)38(44,45)46)24-15-25(24)37(34,42)43/h3-6,11-12,14,24-25,27,55H,9-10,13,15-17H2,1-2H3,(H,48,54)(H,50,51)/t24-,25?,27-,36?/m0/s1. The third-order valence-electron chi connectivity index (χ3n) is 10.4. The van der Waals surface area contributed by atoms with Gasteiger partial charge >= 0.3 is 6.18 Å². The van der Waals surface area contributed by atoms with E-state index in [0.717, 1.165) is 18.4 Å². The van der Waals surface area contributed by atoms with Gasteiger partial charge in [-0.25, -0.2) is 22.2 Å². The van der Waals surface area contributed by atoms with Crippen LogP contribution in [-0.2, 0) is 51.7 Å². The number of fused-ring (bicyclic) bond motifs is 4. The van der Waals surface area contributed by atoms with Crippen molar-refractivity contribution in [2.24, 2.45) is 13.0 Å². The highest BCUT2D eigenvalue weighted by atomic mass is 35.5. The van der Waals surface area contributed by atoms with Gasteiger partial charge in [0.25, 0.3) is 5.92 Å². The summed E-state index contributed by atoms with van der Waals surface area (Å²) in [6, 6.07) is 7.14. The van der Waals surface area contributed by atoms with Gasteiger partial charge in [0.1, 0.15) is 29.6 Å². The zero-order valence-electron chi connectivity index (χ0n) is 30.8. The molecule has 3 aliphatic rings. The molecule has 2 aromatic carbocycles. The predicted octanol–water partition coefficient (Wildman–Crippen LogP) is 5.97. The molecule has 0 bridgehead atoms. The van der Waals surface area contributed by atoms with Crippen LogP contribution in [0.3, 0.4) is 0 Å². The van der Waals surface area contributed by atoms with Gasteiger partial charge in [-0.2, -0.15) is 32.1 Å². The first kappa shape index (κ1) is 40.5. The Balaban J connectivity index is 1.28. The van der Waals surface area contributed by atoms with Crippen LogP contribution >= 0.6 is 11.6 Å². The number of nitrogens with zero attached hydrogens (tertiary/aromatic N) is 5. The average molecular weight is 866 g/mol. The maximum absolute atomic E-state index is 15.4. The second-order valence-corrected chi connectivity index (χ2v) is 17.0. The zero-order chi connectivity index (χ0) is 42.4. The Labute approximate surface area is 335 Å². The van der Waals surface area contributed by atoms with Crippen LogP contribution in [0.2, 0.25) is 5.02 Å². The maximum Gasteiger partial charge on any atom is 0.435 e. The molecule has 1 saturated carbocycles. The molecule has 0 spiro atoms. The number of hydrogen-bond acceptors (Lipinski definition) is 8. The first-order valence-electron chi connectivity index (χ1n) is 17.9. The van der Waals surface area contributed by atoms with Gasteiger partial charge < -0.3 is 15.2 Å². The van der Waals surface area contributed by atoms with E-state index in [1.54, 1.807) is 6.07 Å². The number of rotatable bonds is 9. The van der Waals surface area contributed by atoms with Crippen molar-refractivity contribution in [1.29, 1.82) is 0 Å². The summed E-state index contributed by atoms with van der Waals surface area (Å²) in [5.74, 6) is -3.79. The molecule has 4 atom stereocenters. The number of carbonyl (C=O) groups excluding carboxylic acids is 1. The van der Waals surface area contributed by atoms with Gasteiger partial charge in [-0.3, -0.25) is 18.9 Å². The molecular formula is C38H31ClF7N7O5S. The Morgan fingerprint density at radius 1 is 1.12 bits per heavy atom. The van der Waals surface area contributed by atoms with Crippen molar-refractivity contribution in [1.82, 2.24) is 29.9 Å². The lowest BCUT2D eigenvalue weighted by molar-refractivity contribution is -0.142. The third kappa shape index (κ3) is 7.72. The van der Waals surface area contributed by atoms with E-state index in [4.69, 9.17) is 21.3 Å². The number of aryl methyl sites for hydroxylation is 1. The van der Waals surface area contributed by atoms with Gasteiger partial charge in [0.05, 0.1) is 47.1 Å². The van der Waals surface area contributed by atoms with Crippen molar-refractivity contribution < 1.29 is 53.8 Å². The topological polar surface area (TPSA) is 153 Å². The lowest BCUT2D eigenvalue weighted by Gasteiger charge is -2.23. The summed E-state index contributed by atoms with van der Waals surface area (Å²) in [5, 5.41) is 21.5. The highest BCUT2D eigenvalue weighted by Gasteiger charge is 2.68. The number of amides is 1. The van der Waals surface area contributed by atoms with Crippen LogP contribution in [0.4, 0.5) is 36.6 Å². The Bertz CT molecular complexity index is 2720. The molecular weight excluding hydrogens is 835 g/mol. The van der Waals surface area contributed by atoms with Crippen LogP contribution in [0.25, 0.3) is 22.0 Å². The van der Waals surface area contributed by atoms with Crippen molar-refractivity contribution >= 4 is 44.3 Å². The molecule has 21 heteroatoms. The summed E-state index contributed by atoms with van der Waals surface area (Å²) in [6.45, 7) is -0.946.